The lowest BCUT2D eigenvalue weighted by Gasteiger charge is -2.05. The summed E-state index contributed by atoms with van der Waals surface area (Å²) in [6.07, 6.45) is 5.35. The first kappa shape index (κ1) is 13.1. The van der Waals surface area contributed by atoms with E-state index in [2.05, 4.69) is 9.71 Å². The maximum atomic E-state index is 12.3. The third-order valence-corrected chi connectivity index (χ3v) is 4.59. The summed E-state index contributed by atoms with van der Waals surface area (Å²) in [5.74, 6) is 0.306. The summed E-state index contributed by atoms with van der Waals surface area (Å²) in [6, 6.07) is 7.09. The van der Waals surface area contributed by atoms with Crippen molar-refractivity contribution in [2.45, 2.75) is 30.3 Å². The van der Waals surface area contributed by atoms with Gasteiger partial charge in [-0.2, -0.15) is 0 Å². The molecule has 0 radical (unpaired) electrons. The van der Waals surface area contributed by atoms with Gasteiger partial charge in [-0.05, 0) is 31.0 Å². The normalized spacial score (nSPS) is 15.2. The zero-order valence-corrected chi connectivity index (χ0v) is 11.7. The van der Waals surface area contributed by atoms with E-state index in [9.17, 15) is 8.42 Å². The van der Waals surface area contributed by atoms with Gasteiger partial charge in [-0.3, -0.25) is 4.72 Å². The molecule has 0 atom stereocenters. The molecule has 0 amide bonds. The number of hydrogen-bond donors (Lipinski definition) is 2. The number of aromatic nitrogens is 2. The number of pyridine rings is 1. The average molecular weight is 292 g/mol. The lowest BCUT2D eigenvalue weighted by Crippen LogP contribution is -2.13. The van der Waals surface area contributed by atoms with E-state index in [1.807, 2.05) is 4.57 Å². The van der Waals surface area contributed by atoms with E-state index in [1.54, 1.807) is 36.7 Å². The van der Waals surface area contributed by atoms with Gasteiger partial charge in [-0.25, -0.2) is 13.4 Å². The van der Waals surface area contributed by atoms with Crippen LogP contribution in [0, 0.1) is 0 Å². The molecule has 1 aliphatic carbocycles. The van der Waals surface area contributed by atoms with E-state index in [-0.39, 0.29) is 4.90 Å². The van der Waals surface area contributed by atoms with E-state index >= 15 is 0 Å². The molecule has 1 fully saturated rings. The van der Waals surface area contributed by atoms with Crippen LogP contribution in [0.25, 0.3) is 0 Å². The van der Waals surface area contributed by atoms with Crippen molar-refractivity contribution in [3.63, 3.8) is 0 Å². The minimum absolute atomic E-state index is 0.232. The van der Waals surface area contributed by atoms with Crippen molar-refractivity contribution in [1.29, 1.82) is 0 Å². The van der Waals surface area contributed by atoms with Crippen molar-refractivity contribution >= 4 is 15.8 Å². The molecule has 0 aromatic carbocycles. The lowest BCUT2D eigenvalue weighted by molar-refractivity contribution is 0.600. The first-order valence-electron chi connectivity index (χ1n) is 6.45. The van der Waals surface area contributed by atoms with Crippen molar-refractivity contribution in [3.8, 4) is 0 Å². The minimum atomic E-state index is -3.62. The second kappa shape index (κ2) is 4.92. The van der Waals surface area contributed by atoms with Crippen LogP contribution in [0.5, 0.6) is 0 Å². The summed E-state index contributed by atoms with van der Waals surface area (Å²) in [6.45, 7) is 0.329. The fourth-order valence-corrected chi connectivity index (χ4v) is 3.18. The third kappa shape index (κ3) is 2.54. The Morgan fingerprint density at radius 2 is 2.20 bits per heavy atom. The predicted octanol–water partition coefficient (Wildman–Crippen LogP) is 1.48. The Morgan fingerprint density at radius 3 is 2.80 bits per heavy atom. The van der Waals surface area contributed by atoms with Crippen molar-refractivity contribution in [3.05, 3.63) is 42.4 Å². The highest BCUT2D eigenvalue weighted by Gasteiger charge is 2.28. The molecule has 20 heavy (non-hydrogen) atoms. The molecule has 0 bridgehead atoms. The topological polar surface area (TPSA) is 90.0 Å². The Morgan fingerprint density at radius 1 is 1.40 bits per heavy atom. The quantitative estimate of drug-likeness (QED) is 0.873. The largest absolute Gasteiger partial charge is 0.346 e. The maximum Gasteiger partial charge on any atom is 0.264 e. The molecule has 0 aliphatic heterocycles. The van der Waals surface area contributed by atoms with Gasteiger partial charge in [0.05, 0.1) is 0 Å². The van der Waals surface area contributed by atoms with Crippen LogP contribution in [0.3, 0.4) is 0 Å². The molecular formula is C13H16N4O2S. The molecule has 1 saturated carbocycles. The van der Waals surface area contributed by atoms with E-state index in [0.29, 0.717) is 18.4 Å². The van der Waals surface area contributed by atoms with Gasteiger partial charge in [0.25, 0.3) is 10.0 Å². The van der Waals surface area contributed by atoms with Gasteiger partial charge >= 0.3 is 0 Å². The van der Waals surface area contributed by atoms with Crippen LogP contribution < -0.4 is 10.5 Å². The van der Waals surface area contributed by atoms with Gasteiger partial charge in [0.1, 0.15) is 10.7 Å². The molecule has 3 rings (SSSR count). The minimum Gasteiger partial charge on any atom is -0.346 e. The molecule has 0 unspecified atom stereocenters. The number of anilines is 1. The average Bonchev–Trinajstić information content (AvgIpc) is 3.18. The molecule has 2 aromatic rings. The van der Waals surface area contributed by atoms with E-state index < -0.39 is 10.0 Å². The number of nitrogens with zero attached hydrogens (tertiary/aromatic N) is 2. The smallest absolute Gasteiger partial charge is 0.264 e. The Kier molecular flexibility index (Phi) is 3.23. The summed E-state index contributed by atoms with van der Waals surface area (Å²) < 4.78 is 29.1. The lowest BCUT2D eigenvalue weighted by atomic mass is 10.4. The van der Waals surface area contributed by atoms with Gasteiger partial charge in [-0.1, -0.05) is 6.07 Å². The Balaban J connectivity index is 1.91. The third-order valence-electron chi connectivity index (χ3n) is 3.27. The Hall–Kier alpha value is -1.86. The fraction of sp³-hybridized carbons (Fsp3) is 0.308. The first-order valence-corrected chi connectivity index (χ1v) is 7.93. The molecule has 3 N–H and O–H groups in total. The van der Waals surface area contributed by atoms with Crippen LogP contribution >= 0.6 is 0 Å². The Labute approximate surface area is 117 Å². The molecule has 2 heterocycles. The zero-order valence-electron chi connectivity index (χ0n) is 10.9. The summed E-state index contributed by atoms with van der Waals surface area (Å²) in [7, 11) is -3.62. The van der Waals surface area contributed by atoms with Crippen LogP contribution in [0.4, 0.5) is 5.82 Å². The molecule has 2 aromatic heterocycles. The molecule has 1 aliphatic rings. The fourth-order valence-electron chi connectivity index (χ4n) is 2.12. The van der Waals surface area contributed by atoms with Crippen LogP contribution in [0.15, 0.2) is 41.6 Å². The summed E-state index contributed by atoms with van der Waals surface area (Å²) in [4.78, 5) is 4.20. The van der Waals surface area contributed by atoms with Gasteiger partial charge in [0.2, 0.25) is 0 Å². The number of hydrogen-bond acceptors (Lipinski definition) is 4. The Bertz CT molecular complexity index is 705. The van der Waals surface area contributed by atoms with Crippen LogP contribution in [0.2, 0.25) is 0 Å². The first-order chi connectivity index (χ1) is 9.60. The highest BCUT2D eigenvalue weighted by atomic mass is 32.2. The summed E-state index contributed by atoms with van der Waals surface area (Å²) >= 11 is 0. The maximum absolute atomic E-state index is 12.3. The number of nitrogens with two attached hydrogens (primary N) is 1. The summed E-state index contributed by atoms with van der Waals surface area (Å²) in [5.41, 5.74) is 6.52. The van der Waals surface area contributed by atoms with Crippen molar-refractivity contribution in [2.75, 3.05) is 4.72 Å². The standard InChI is InChI=1S/C13H16N4O2S/c14-8-11-7-12(9-17(11)10-4-5-10)20(18,19)16-13-3-1-2-6-15-13/h1-3,6-7,9-10H,4-5,8,14H2,(H,15,16). The molecule has 106 valence electrons. The van der Waals surface area contributed by atoms with Crippen molar-refractivity contribution in [2.24, 2.45) is 5.73 Å². The van der Waals surface area contributed by atoms with Gasteiger partial charge in [0.15, 0.2) is 0 Å². The van der Waals surface area contributed by atoms with Crippen molar-refractivity contribution < 1.29 is 8.42 Å². The molecule has 7 heteroatoms. The van der Waals surface area contributed by atoms with Crippen molar-refractivity contribution in [1.82, 2.24) is 9.55 Å². The van der Waals surface area contributed by atoms with Crippen LogP contribution in [-0.2, 0) is 16.6 Å². The number of rotatable bonds is 5. The highest BCUT2D eigenvalue weighted by molar-refractivity contribution is 7.92. The highest BCUT2D eigenvalue weighted by Crippen LogP contribution is 2.37. The van der Waals surface area contributed by atoms with E-state index in [0.717, 1.165) is 18.5 Å². The second-order valence-corrected chi connectivity index (χ2v) is 6.51. The molecular weight excluding hydrogens is 276 g/mol. The van der Waals surface area contributed by atoms with Crippen LogP contribution in [-0.4, -0.2) is 18.0 Å². The number of nitrogens with one attached hydrogen (secondary N) is 1. The van der Waals surface area contributed by atoms with Crippen LogP contribution in [0.1, 0.15) is 24.6 Å². The van der Waals surface area contributed by atoms with Gasteiger partial charge < -0.3 is 10.3 Å². The summed E-state index contributed by atoms with van der Waals surface area (Å²) in [5, 5.41) is 0. The number of sulfonamides is 1. The molecule has 0 saturated heterocycles. The van der Waals surface area contributed by atoms with Gasteiger partial charge in [0, 0.05) is 30.7 Å². The van der Waals surface area contributed by atoms with Gasteiger partial charge in [-0.15, -0.1) is 0 Å². The van der Waals surface area contributed by atoms with E-state index in [1.165, 1.54) is 0 Å². The zero-order chi connectivity index (χ0) is 14.2. The second-order valence-electron chi connectivity index (χ2n) is 4.83. The molecule has 0 spiro atoms. The SMILES string of the molecule is NCc1cc(S(=O)(=O)Nc2ccccn2)cn1C1CC1. The monoisotopic (exact) mass is 292 g/mol. The molecule has 6 nitrogen and oxygen atoms in total. The predicted molar refractivity (Wildman–Crippen MR) is 75.6 cm³/mol. The van der Waals surface area contributed by atoms with E-state index in [4.69, 9.17) is 5.73 Å².